The van der Waals surface area contributed by atoms with E-state index in [1.165, 1.54) is 12.1 Å². The number of hydrogen-bond donors (Lipinski definition) is 0. The summed E-state index contributed by atoms with van der Waals surface area (Å²) in [5, 5.41) is 0. The lowest BCUT2D eigenvalue weighted by Crippen LogP contribution is -2.50. The number of nitrogens with zero attached hydrogens (tertiary/aromatic N) is 3. The Labute approximate surface area is 207 Å². The van der Waals surface area contributed by atoms with Crippen LogP contribution in [0.4, 0.5) is 4.39 Å². The minimum Gasteiger partial charge on any atom is -0.481 e. The minimum atomic E-state index is -0.608. The predicted molar refractivity (Wildman–Crippen MR) is 134 cm³/mol. The minimum absolute atomic E-state index is 0.0142. The molecule has 2 amide bonds. The molecule has 0 N–H and O–H groups in total. The Bertz CT molecular complexity index is 1050. The average Bonchev–Trinajstić information content (AvgIpc) is 2.83. The molecule has 0 saturated carbocycles. The van der Waals surface area contributed by atoms with Crippen molar-refractivity contribution in [1.82, 2.24) is 14.7 Å². The van der Waals surface area contributed by atoms with Gasteiger partial charge in [0.15, 0.2) is 6.10 Å². The van der Waals surface area contributed by atoms with E-state index in [4.69, 9.17) is 4.74 Å². The van der Waals surface area contributed by atoms with Gasteiger partial charge in [-0.2, -0.15) is 0 Å². The van der Waals surface area contributed by atoms with E-state index >= 15 is 0 Å². The summed E-state index contributed by atoms with van der Waals surface area (Å²) in [5.74, 6) is 0.612. The second kappa shape index (κ2) is 10.8. The van der Waals surface area contributed by atoms with Gasteiger partial charge in [-0.25, -0.2) is 4.39 Å². The van der Waals surface area contributed by atoms with Gasteiger partial charge in [-0.15, -0.1) is 0 Å². The van der Waals surface area contributed by atoms with Crippen LogP contribution in [0.5, 0.6) is 5.75 Å². The molecule has 1 fully saturated rings. The van der Waals surface area contributed by atoms with Crippen molar-refractivity contribution >= 4 is 11.8 Å². The van der Waals surface area contributed by atoms with Gasteiger partial charge in [-0.1, -0.05) is 32.0 Å². The quantitative estimate of drug-likeness (QED) is 0.628. The van der Waals surface area contributed by atoms with Gasteiger partial charge in [-0.05, 0) is 67.3 Å². The monoisotopic (exact) mass is 481 g/mol. The topological polar surface area (TPSA) is 53.1 Å². The van der Waals surface area contributed by atoms with Crippen LogP contribution in [0.1, 0.15) is 49.9 Å². The Morgan fingerprint density at radius 3 is 2.34 bits per heavy atom. The first kappa shape index (κ1) is 25.2. The summed E-state index contributed by atoms with van der Waals surface area (Å²) < 4.78 is 19.8. The highest BCUT2D eigenvalue weighted by Crippen LogP contribution is 2.38. The Balaban J connectivity index is 1.60. The Hall–Kier alpha value is -2.93. The number of amides is 2. The third-order valence-corrected chi connectivity index (χ3v) is 6.91. The molecule has 0 bridgehead atoms. The molecule has 2 aliphatic heterocycles. The van der Waals surface area contributed by atoms with Gasteiger partial charge < -0.3 is 19.4 Å². The maximum atomic E-state index is 13.7. The molecular weight excluding hydrogens is 445 g/mol. The fourth-order valence-electron chi connectivity index (χ4n) is 4.94. The molecule has 0 unspecified atom stereocenters. The van der Waals surface area contributed by atoms with Crippen LogP contribution in [0.2, 0.25) is 0 Å². The molecule has 2 aromatic rings. The van der Waals surface area contributed by atoms with Crippen molar-refractivity contribution in [1.29, 1.82) is 0 Å². The van der Waals surface area contributed by atoms with Crippen LogP contribution in [0, 0.1) is 11.7 Å². The van der Waals surface area contributed by atoms with E-state index in [1.807, 2.05) is 41.8 Å². The van der Waals surface area contributed by atoms with Crippen molar-refractivity contribution in [2.45, 2.75) is 45.8 Å². The van der Waals surface area contributed by atoms with Gasteiger partial charge in [0.2, 0.25) is 5.91 Å². The molecular formula is C28H36FN3O3. The molecule has 0 spiro atoms. The van der Waals surface area contributed by atoms with Crippen molar-refractivity contribution in [3.8, 4) is 5.75 Å². The second-order valence-corrected chi connectivity index (χ2v) is 10.1. The highest BCUT2D eigenvalue weighted by Gasteiger charge is 2.33. The van der Waals surface area contributed by atoms with Crippen LogP contribution >= 0.6 is 0 Å². The number of ether oxygens (including phenoxy) is 1. The summed E-state index contributed by atoms with van der Waals surface area (Å²) in [7, 11) is 2.06. The SMILES string of the molecule is CC(C)CC(=O)N1CCc2ccc(O[C@H](C)C(=O)N3CCN(C)CC3)cc2[C@@H]1c1ccc(F)cc1. The number of carbonyl (C=O) groups excluding carboxylic acids is 2. The largest absolute Gasteiger partial charge is 0.481 e. The highest BCUT2D eigenvalue weighted by atomic mass is 19.1. The summed E-state index contributed by atoms with van der Waals surface area (Å²) in [4.78, 5) is 32.1. The maximum Gasteiger partial charge on any atom is 0.263 e. The average molecular weight is 482 g/mol. The summed E-state index contributed by atoms with van der Waals surface area (Å²) in [6.45, 7) is 9.59. The zero-order chi connectivity index (χ0) is 25.1. The van der Waals surface area contributed by atoms with Gasteiger partial charge in [0.25, 0.3) is 5.91 Å². The zero-order valence-corrected chi connectivity index (χ0v) is 21.2. The first-order chi connectivity index (χ1) is 16.7. The van der Waals surface area contributed by atoms with Crippen LogP contribution in [-0.4, -0.2) is 72.4 Å². The van der Waals surface area contributed by atoms with E-state index in [-0.39, 0.29) is 29.6 Å². The molecule has 1 saturated heterocycles. The first-order valence-electron chi connectivity index (χ1n) is 12.5. The van der Waals surface area contributed by atoms with Crippen LogP contribution < -0.4 is 4.74 Å². The van der Waals surface area contributed by atoms with Crippen molar-refractivity contribution in [2.24, 2.45) is 5.92 Å². The molecule has 6 nitrogen and oxygen atoms in total. The standard InChI is InChI=1S/C28H36FN3O3/c1-19(2)17-26(33)32-12-11-21-7-10-24(18-25(21)27(32)22-5-8-23(29)9-6-22)35-20(3)28(34)31-15-13-30(4)14-16-31/h5-10,18-20,27H,11-17H2,1-4H3/t20-,27+/m1/s1. The molecule has 2 heterocycles. The molecule has 0 radical (unpaired) electrons. The Kier molecular flexibility index (Phi) is 7.75. The molecule has 2 aliphatic rings. The third kappa shape index (κ3) is 5.84. The third-order valence-electron chi connectivity index (χ3n) is 6.91. The lowest BCUT2D eigenvalue weighted by Gasteiger charge is -2.38. The number of rotatable bonds is 6. The van der Waals surface area contributed by atoms with Crippen molar-refractivity contribution in [3.05, 3.63) is 65.0 Å². The maximum absolute atomic E-state index is 13.7. The van der Waals surface area contributed by atoms with Crippen LogP contribution in [0.15, 0.2) is 42.5 Å². The van der Waals surface area contributed by atoms with E-state index in [9.17, 15) is 14.0 Å². The van der Waals surface area contributed by atoms with E-state index in [0.717, 1.165) is 36.2 Å². The molecule has 2 atom stereocenters. The summed E-state index contributed by atoms with van der Waals surface area (Å²) in [6, 6.07) is 11.9. The van der Waals surface area contributed by atoms with Crippen LogP contribution in [0.25, 0.3) is 0 Å². The van der Waals surface area contributed by atoms with Crippen molar-refractivity contribution < 1.29 is 18.7 Å². The van der Waals surface area contributed by atoms with Crippen LogP contribution in [-0.2, 0) is 16.0 Å². The Morgan fingerprint density at radius 1 is 1.00 bits per heavy atom. The number of benzene rings is 2. The lowest BCUT2D eigenvalue weighted by atomic mass is 9.87. The Morgan fingerprint density at radius 2 is 1.69 bits per heavy atom. The molecule has 4 rings (SSSR count). The second-order valence-electron chi connectivity index (χ2n) is 10.1. The smallest absolute Gasteiger partial charge is 0.263 e. The van der Waals surface area contributed by atoms with E-state index in [1.54, 1.807) is 19.1 Å². The molecule has 0 aliphatic carbocycles. The first-order valence-corrected chi connectivity index (χ1v) is 12.5. The number of piperazine rings is 1. The van der Waals surface area contributed by atoms with Gasteiger partial charge in [0.05, 0.1) is 6.04 Å². The van der Waals surface area contributed by atoms with Crippen molar-refractivity contribution in [3.63, 3.8) is 0 Å². The number of carbonyl (C=O) groups is 2. The summed E-state index contributed by atoms with van der Waals surface area (Å²) in [5.41, 5.74) is 2.97. The van der Waals surface area contributed by atoms with Crippen LogP contribution in [0.3, 0.4) is 0 Å². The normalized spacial score (nSPS) is 19.4. The van der Waals surface area contributed by atoms with Crippen molar-refractivity contribution in [2.75, 3.05) is 39.8 Å². The van der Waals surface area contributed by atoms with E-state index < -0.39 is 6.10 Å². The van der Waals surface area contributed by atoms with Gasteiger partial charge in [0.1, 0.15) is 11.6 Å². The summed E-state index contributed by atoms with van der Waals surface area (Å²) in [6.07, 6.45) is 0.593. The number of hydrogen-bond acceptors (Lipinski definition) is 4. The fraction of sp³-hybridized carbons (Fsp3) is 0.500. The number of halogens is 1. The molecule has 7 heteroatoms. The summed E-state index contributed by atoms with van der Waals surface area (Å²) >= 11 is 0. The molecule has 0 aromatic heterocycles. The lowest BCUT2D eigenvalue weighted by molar-refractivity contribution is -0.139. The predicted octanol–water partition coefficient (Wildman–Crippen LogP) is 3.89. The van der Waals surface area contributed by atoms with Gasteiger partial charge >= 0.3 is 0 Å². The van der Waals surface area contributed by atoms with Gasteiger partial charge in [-0.3, -0.25) is 9.59 Å². The number of likely N-dealkylation sites (N-methyl/N-ethyl adjacent to an activating group) is 1. The highest BCUT2D eigenvalue weighted by molar-refractivity contribution is 5.81. The van der Waals surface area contributed by atoms with Gasteiger partial charge in [0, 0.05) is 39.1 Å². The molecule has 35 heavy (non-hydrogen) atoms. The number of fused-ring (bicyclic) bond motifs is 1. The fourth-order valence-corrected chi connectivity index (χ4v) is 4.94. The van der Waals surface area contributed by atoms with E-state index in [0.29, 0.717) is 31.8 Å². The van der Waals surface area contributed by atoms with E-state index in [2.05, 4.69) is 11.9 Å². The molecule has 188 valence electrons. The molecule has 2 aromatic carbocycles. The zero-order valence-electron chi connectivity index (χ0n) is 21.2.